The Hall–Kier alpha value is -2.30. The van der Waals surface area contributed by atoms with Crippen molar-refractivity contribution in [1.82, 2.24) is 5.32 Å². The van der Waals surface area contributed by atoms with Crippen LogP contribution in [0, 0.1) is 12.3 Å². The van der Waals surface area contributed by atoms with Gasteiger partial charge in [-0.3, -0.25) is 5.41 Å². The molecule has 1 rings (SSSR count). The molecule has 0 aliphatic rings. The molecule has 0 aliphatic carbocycles. The predicted octanol–water partition coefficient (Wildman–Crippen LogP) is 2.15. The van der Waals surface area contributed by atoms with E-state index in [4.69, 9.17) is 11.1 Å². The van der Waals surface area contributed by atoms with Gasteiger partial charge in [-0.2, -0.15) is 0 Å². The van der Waals surface area contributed by atoms with Crippen LogP contribution in [0.5, 0.6) is 0 Å². The first-order valence-corrected chi connectivity index (χ1v) is 6.14. The molecule has 2 amide bonds. The molecule has 5 heteroatoms. The molecule has 1 aromatic carbocycles. The van der Waals surface area contributed by atoms with E-state index in [0.29, 0.717) is 12.2 Å². The molecule has 0 unspecified atom stereocenters. The maximum atomic E-state index is 12.1. The Kier molecular flexibility index (Phi) is 5.11. The van der Waals surface area contributed by atoms with Gasteiger partial charge in [0.25, 0.3) is 0 Å². The largest absolute Gasteiger partial charge is 0.369 e. The van der Waals surface area contributed by atoms with Gasteiger partial charge in [-0.25, -0.2) is 9.69 Å². The number of carbonyl (C=O) groups is 1. The lowest BCUT2D eigenvalue weighted by molar-refractivity contribution is 0.250. The zero-order valence-electron chi connectivity index (χ0n) is 11.4. The minimum absolute atomic E-state index is 0.300. The van der Waals surface area contributed by atoms with E-state index in [2.05, 4.69) is 11.9 Å². The molecule has 19 heavy (non-hydrogen) atoms. The molecule has 0 radical (unpaired) electrons. The lowest BCUT2D eigenvalue weighted by atomic mass is 10.0. The van der Waals surface area contributed by atoms with E-state index in [-0.39, 0.29) is 5.96 Å². The highest BCUT2D eigenvalue weighted by Gasteiger charge is 2.22. The van der Waals surface area contributed by atoms with Crippen LogP contribution in [0.1, 0.15) is 18.1 Å². The van der Waals surface area contributed by atoms with Gasteiger partial charge in [0.05, 0.1) is 5.69 Å². The Morgan fingerprint density at radius 3 is 2.79 bits per heavy atom. The average Bonchev–Trinajstić information content (AvgIpc) is 2.38. The molecule has 0 spiro atoms. The van der Waals surface area contributed by atoms with Gasteiger partial charge in [0.1, 0.15) is 0 Å². The Morgan fingerprint density at radius 2 is 2.26 bits per heavy atom. The van der Waals surface area contributed by atoms with E-state index >= 15 is 0 Å². The molecule has 0 aromatic heterocycles. The van der Waals surface area contributed by atoms with Crippen LogP contribution in [0.15, 0.2) is 30.9 Å². The third kappa shape index (κ3) is 3.34. The number of hydrogen-bond acceptors (Lipinski definition) is 2. The molecule has 0 saturated heterocycles. The summed E-state index contributed by atoms with van der Waals surface area (Å²) in [6.07, 6.45) is 2.34. The number of nitrogens with zero attached hydrogens (tertiary/aromatic N) is 1. The second-order valence-electron chi connectivity index (χ2n) is 4.13. The van der Waals surface area contributed by atoms with Gasteiger partial charge < -0.3 is 11.1 Å². The maximum absolute atomic E-state index is 12.1. The molecule has 4 N–H and O–H groups in total. The Balaban J connectivity index is 3.23. The summed E-state index contributed by atoms with van der Waals surface area (Å²) >= 11 is 0. The predicted molar refractivity (Wildman–Crippen MR) is 78.5 cm³/mol. The van der Waals surface area contributed by atoms with Gasteiger partial charge in [-0.15, -0.1) is 6.58 Å². The summed E-state index contributed by atoms with van der Waals surface area (Å²) < 4.78 is 0. The van der Waals surface area contributed by atoms with Crippen molar-refractivity contribution in [3.05, 3.63) is 42.0 Å². The van der Waals surface area contributed by atoms with Gasteiger partial charge in [-0.05, 0) is 24.5 Å². The molecule has 102 valence electrons. The Labute approximate surface area is 113 Å². The van der Waals surface area contributed by atoms with Crippen molar-refractivity contribution in [2.24, 2.45) is 5.73 Å². The normalized spacial score (nSPS) is 9.79. The third-order valence-electron chi connectivity index (χ3n) is 2.77. The first kappa shape index (κ1) is 14.8. The Morgan fingerprint density at radius 1 is 1.58 bits per heavy atom. The number of para-hydroxylation sites is 1. The molecule has 0 saturated carbocycles. The first-order chi connectivity index (χ1) is 9.02. The van der Waals surface area contributed by atoms with E-state index in [1.54, 1.807) is 6.08 Å². The van der Waals surface area contributed by atoms with Crippen molar-refractivity contribution in [3.8, 4) is 0 Å². The number of anilines is 1. The molecular weight excluding hydrogens is 240 g/mol. The lowest BCUT2D eigenvalue weighted by Gasteiger charge is -2.25. The molecule has 0 heterocycles. The van der Waals surface area contributed by atoms with Crippen molar-refractivity contribution in [2.75, 3.05) is 11.4 Å². The van der Waals surface area contributed by atoms with Crippen molar-refractivity contribution in [2.45, 2.75) is 20.3 Å². The van der Waals surface area contributed by atoms with Gasteiger partial charge in [-0.1, -0.05) is 31.2 Å². The molecule has 0 atom stereocenters. The van der Waals surface area contributed by atoms with E-state index in [1.807, 2.05) is 32.0 Å². The summed E-state index contributed by atoms with van der Waals surface area (Å²) in [5.74, 6) is -0.300. The molecular formula is C14H20N4O. The number of benzene rings is 1. The zero-order valence-corrected chi connectivity index (χ0v) is 11.4. The highest BCUT2D eigenvalue weighted by atomic mass is 16.2. The second kappa shape index (κ2) is 6.58. The second-order valence-corrected chi connectivity index (χ2v) is 4.13. The van der Waals surface area contributed by atoms with Crippen molar-refractivity contribution < 1.29 is 4.79 Å². The standard InChI is InChI=1S/C14H20N4O/c1-4-9-17-14(19)18(13(15)16)12-10(3)7-6-8-11(12)5-2/h4,6-8H,1,5,9H2,2-3H3,(H3,15,16)(H,17,19). The van der Waals surface area contributed by atoms with E-state index in [1.165, 1.54) is 4.90 Å². The van der Waals surface area contributed by atoms with Crippen molar-refractivity contribution in [3.63, 3.8) is 0 Å². The smallest absolute Gasteiger partial charge is 0.329 e. The average molecular weight is 260 g/mol. The fourth-order valence-electron chi connectivity index (χ4n) is 1.89. The SMILES string of the molecule is C=CCNC(=O)N(C(=N)N)c1c(C)cccc1CC. The quantitative estimate of drug-likeness (QED) is 0.440. The van der Waals surface area contributed by atoms with E-state index in [9.17, 15) is 4.79 Å². The number of carbonyl (C=O) groups excluding carboxylic acids is 1. The fourth-order valence-corrected chi connectivity index (χ4v) is 1.89. The number of aryl methyl sites for hydroxylation is 2. The number of nitrogens with one attached hydrogen (secondary N) is 2. The maximum Gasteiger partial charge on any atom is 0.329 e. The van der Waals surface area contributed by atoms with Crippen LogP contribution in [0.2, 0.25) is 0 Å². The summed E-state index contributed by atoms with van der Waals surface area (Å²) in [6.45, 7) is 7.76. The molecule has 0 bridgehead atoms. The summed E-state index contributed by atoms with van der Waals surface area (Å²) in [6, 6.07) is 5.33. The molecule has 0 fully saturated rings. The first-order valence-electron chi connectivity index (χ1n) is 6.14. The molecule has 0 aliphatic heterocycles. The van der Waals surface area contributed by atoms with Gasteiger partial charge in [0, 0.05) is 6.54 Å². The topological polar surface area (TPSA) is 82.2 Å². The fraction of sp³-hybridized carbons (Fsp3) is 0.286. The summed E-state index contributed by atoms with van der Waals surface area (Å²) in [7, 11) is 0. The van der Waals surface area contributed by atoms with E-state index in [0.717, 1.165) is 17.5 Å². The number of hydrogen-bond donors (Lipinski definition) is 3. The van der Waals surface area contributed by atoms with Gasteiger partial charge in [0.15, 0.2) is 0 Å². The van der Waals surface area contributed by atoms with Crippen LogP contribution < -0.4 is 16.0 Å². The Bertz CT molecular complexity index is 496. The van der Waals surface area contributed by atoms with Crippen LogP contribution >= 0.6 is 0 Å². The number of rotatable bonds is 4. The summed E-state index contributed by atoms with van der Waals surface area (Å²) in [4.78, 5) is 13.3. The van der Waals surface area contributed by atoms with Crippen molar-refractivity contribution in [1.29, 1.82) is 5.41 Å². The van der Waals surface area contributed by atoms with Crippen LogP contribution in [-0.4, -0.2) is 18.5 Å². The highest BCUT2D eigenvalue weighted by Crippen LogP contribution is 2.25. The van der Waals surface area contributed by atoms with Crippen LogP contribution in [-0.2, 0) is 6.42 Å². The lowest BCUT2D eigenvalue weighted by Crippen LogP contribution is -2.48. The monoisotopic (exact) mass is 260 g/mol. The summed E-state index contributed by atoms with van der Waals surface area (Å²) in [5, 5.41) is 10.3. The minimum Gasteiger partial charge on any atom is -0.369 e. The third-order valence-corrected chi connectivity index (χ3v) is 2.77. The number of urea groups is 1. The number of nitrogens with two attached hydrogens (primary N) is 1. The number of amides is 2. The molecule has 5 nitrogen and oxygen atoms in total. The van der Waals surface area contributed by atoms with Crippen LogP contribution in [0.3, 0.4) is 0 Å². The van der Waals surface area contributed by atoms with Gasteiger partial charge in [0.2, 0.25) is 5.96 Å². The van der Waals surface area contributed by atoms with Gasteiger partial charge >= 0.3 is 6.03 Å². The minimum atomic E-state index is -0.420. The zero-order chi connectivity index (χ0) is 14.4. The van der Waals surface area contributed by atoms with Crippen LogP contribution in [0.4, 0.5) is 10.5 Å². The highest BCUT2D eigenvalue weighted by molar-refractivity contribution is 6.14. The summed E-state index contributed by atoms with van der Waals surface area (Å²) in [5.41, 5.74) is 8.12. The number of guanidine groups is 1. The van der Waals surface area contributed by atoms with Crippen LogP contribution in [0.25, 0.3) is 0 Å². The molecule has 1 aromatic rings. The van der Waals surface area contributed by atoms with Crippen molar-refractivity contribution >= 4 is 17.7 Å². The van der Waals surface area contributed by atoms with E-state index < -0.39 is 6.03 Å².